The summed E-state index contributed by atoms with van der Waals surface area (Å²) in [4.78, 5) is 3.33. The number of nitrogens with zero attached hydrogens (tertiary/aromatic N) is 3. The quantitative estimate of drug-likeness (QED) is 0.787. The molecule has 3 heterocycles. The fourth-order valence-electron chi connectivity index (χ4n) is 2.82. The van der Waals surface area contributed by atoms with E-state index in [9.17, 15) is 0 Å². The van der Waals surface area contributed by atoms with Crippen molar-refractivity contribution in [1.29, 1.82) is 0 Å². The maximum atomic E-state index is 4.41. The monoisotopic (exact) mass is 284 g/mol. The molecule has 0 atom stereocenters. The van der Waals surface area contributed by atoms with Gasteiger partial charge in [-0.3, -0.25) is 0 Å². The summed E-state index contributed by atoms with van der Waals surface area (Å²) in [6.07, 6.45) is 3.98. The van der Waals surface area contributed by atoms with Gasteiger partial charge in [0.25, 0.3) is 0 Å². The Morgan fingerprint density at radius 2 is 2.15 bits per heavy atom. The minimum atomic E-state index is 0.849. The molecule has 0 amide bonds. The zero-order valence-electron chi connectivity index (χ0n) is 11.2. The lowest BCUT2D eigenvalue weighted by Crippen LogP contribution is -2.08. The molecular formula is C15H16N4S. The zero-order chi connectivity index (χ0) is 13.4. The maximum absolute atomic E-state index is 4.41. The highest BCUT2D eigenvalue weighted by molar-refractivity contribution is 7.99. The molecule has 0 spiro atoms. The van der Waals surface area contributed by atoms with Crippen LogP contribution in [0.1, 0.15) is 17.2 Å². The highest BCUT2D eigenvalue weighted by Crippen LogP contribution is 2.22. The molecule has 0 radical (unpaired) electrons. The number of aromatic nitrogens is 4. The Kier molecular flexibility index (Phi) is 2.99. The molecule has 0 unspecified atom stereocenters. The van der Waals surface area contributed by atoms with Gasteiger partial charge in [0, 0.05) is 48.0 Å². The number of aromatic amines is 1. The van der Waals surface area contributed by atoms with Crippen molar-refractivity contribution in [3.63, 3.8) is 0 Å². The van der Waals surface area contributed by atoms with E-state index in [2.05, 4.69) is 50.2 Å². The number of thioether (sulfide) groups is 1. The van der Waals surface area contributed by atoms with E-state index in [1.165, 1.54) is 16.5 Å². The molecule has 3 aromatic rings. The number of hydrogen-bond donors (Lipinski definition) is 1. The van der Waals surface area contributed by atoms with Gasteiger partial charge < -0.3 is 9.55 Å². The first kappa shape index (κ1) is 12.0. The highest BCUT2D eigenvalue weighted by Gasteiger charge is 2.16. The normalized spacial score (nSPS) is 15.2. The minimum absolute atomic E-state index is 0.849. The van der Waals surface area contributed by atoms with Crippen LogP contribution in [0.3, 0.4) is 0 Å². The maximum Gasteiger partial charge on any atom is 0.137 e. The summed E-state index contributed by atoms with van der Waals surface area (Å²) in [5.41, 5.74) is 2.49. The first-order chi connectivity index (χ1) is 9.92. The van der Waals surface area contributed by atoms with Gasteiger partial charge >= 0.3 is 0 Å². The van der Waals surface area contributed by atoms with Gasteiger partial charge in [0.1, 0.15) is 11.6 Å². The predicted molar refractivity (Wildman–Crippen MR) is 82.2 cm³/mol. The van der Waals surface area contributed by atoms with E-state index in [4.69, 9.17) is 0 Å². The molecule has 0 bridgehead atoms. The standard InChI is InChI=1S/C15H16N4S/c1-2-4-13-12(3-1)11(10-16-13)9-15-18-17-14-5-7-20-8-6-19(14)15/h1-4,10,16H,5-9H2. The number of nitrogens with one attached hydrogen (secondary N) is 1. The Balaban J connectivity index is 1.71. The molecule has 0 aliphatic carbocycles. The molecule has 4 rings (SSSR count). The molecule has 0 saturated heterocycles. The summed E-state index contributed by atoms with van der Waals surface area (Å²) in [7, 11) is 0. The van der Waals surface area contributed by atoms with Crippen LogP contribution in [0.5, 0.6) is 0 Å². The van der Waals surface area contributed by atoms with Crippen LogP contribution < -0.4 is 0 Å². The van der Waals surface area contributed by atoms with Crippen LogP contribution in [-0.4, -0.2) is 31.3 Å². The van der Waals surface area contributed by atoms with Crippen molar-refractivity contribution in [2.45, 2.75) is 19.4 Å². The molecule has 102 valence electrons. The zero-order valence-corrected chi connectivity index (χ0v) is 12.0. The SMILES string of the molecule is c1ccc2c(Cc3nnc4n3CCSCC4)c[nH]c2c1. The molecule has 4 nitrogen and oxygen atoms in total. The second-order valence-corrected chi connectivity index (χ2v) is 6.31. The first-order valence-corrected chi connectivity index (χ1v) is 8.11. The van der Waals surface area contributed by atoms with Crippen LogP contribution in [0.2, 0.25) is 0 Å². The van der Waals surface area contributed by atoms with Crippen molar-refractivity contribution in [2.75, 3.05) is 11.5 Å². The smallest absolute Gasteiger partial charge is 0.137 e. The Labute approximate surface area is 121 Å². The van der Waals surface area contributed by atoms with E-state index in [0.717, 1.165) is 42.5 Å². The Morgan fingerprint density at radius 1 is 1.20 bits per heavy atom. The summed E-state index contributed by atoms with van der Waals surface area (Å²) < 4.78 is 2.31. The van der Waals surface area contributed by atoms with Crippen LogP contribution in [0.4, 0.5) is 0 Å². The summed E-state index contributed by atoms with van der Waals surface area (Å²) in [6.45, 7) is 1.03. The number of benzene rings is 1. The second-order valence-electron chi connectivity index (χ2n) is 5.08. The molecule has 1 aromatic carbocycles. The average molecular weight is 284 g/mol. The van der Waals surface area contributed by atoms with Gasteiger partial charge in [-0.2, -0.15) is 11.8 Å². The van der Waals surface area contributed by atoms with Gasteiger partial charge in [-0.25, -0.2) is 0 Å². The Hall–Kier alpha value is -1.75. The van der Waals surface area contributed by atoms with Crippen LogP contribution in [0, 0.1) is 0 Å². The average Bonchev–Trinajstić information content (AvgIpc) is 2.97. The first-order valence-electron chi connectivity index (χ1n) is 6.95. The van der Waals surface area contributed by atoms with Crippen molar-refractivity contribution in [2.24, 2.45) is 0 Å². The van der Waals surface area contributed by atoms with E-state index in [-0.39, 0.29) is 0 Å². The Bertz CT molecular complexity index is 743. The summed E-state index contributed by atoms with van der Waals surface area (Å²) in [5, 5.41) is 10.1. The van der Waals surface area contributed by atoms with E-state index < -0.39 is 0 Å². The van der Waals surface area contributed by atoms with Crippen LogP contribution in [-0.2, 0) is 19.4 Å². The van der Waals surface area contributed by atoms with Gasteiger partial charge in [0.2, 0.25) is 0 Å². The minimum Gasteiger partial charge on any atom is -0.361 e. The largest absolute Gasteiger partial charge is 0.361 e. The van der Waals surface area contributed by atoms with E-state index in [1.54, 1.807) is 0 Å². The van der Waals surface area contributed by atoms with Crippen molar-refractivity contribution in [1.82, 2.24) is 19.7 Å². The number of fused-ring (bicyclic) bond motifs is 2. The van der Waals surface area contributed by atoms with Gasteiger partial charge in [-0.15, -0.1) is 10.2 Å². The summed E-state index contributed by atoms with van der Waals surface area (Å²) in [6, 6.07) is 8.42. The number of rotatable bonds is 2. The van der Waals surface area contributed by atoms with Gasteiger partial charge in [-0.05, 0) is 11.6 Å². The third kappa shape index (κ3) is 2.02. The van der Waals surface area contributed by atoms with E-state index in [1.807, 2.05) is 11.8 Å². The van der Waals surface area contributed by atoms with Gasteiger partial charge in [0.05, 0.1) is 0 Å². The molecular weight excluding hydrogens is 268 g/mol. The topological polar surface area (TPSA) is 46.5 Å². The number of aryl methyl sites for hydroxylation is 1. The number of para-hydroxylation sites is 1. The highest BCUT2D eigenvalue weighted by atomic mass is 32.2. The van der Waals surface area contributed by atoms with E-state index in [0.29, 0.717) is 0 Å². The number of H-pyrrole nitrogens is 1. The number of hydrogen-bond acceptors (Lipinski definition) is 3. The third-order valence-electron chi connectivity index (χ3n) is 3.86. The lowest BCUT2D eigenvalue weighted by atomic mass is 10.1. The predicted octanol–water partition coefficient (Wildman–Crippen LogP) is 2.64. The van der Waals surface area contributed by atoms with Gasteiger partial charge in [0.15, 0.2) is 0 Å². The Morgan fingerprint density at radius 3 is 3.15 bits per heavy atom. The molecule has 5 heteroatoms. The van der Waals surface area contributed by atoms with Crippen LogP contribution in [0.15, 0.2) is 30.5 Å². The molecule has 2 aromatic heterocycles. The molecule has 0 saturated carbocycles. The van der Waals surface area contributed by atoms with Crippen molar-refractivity contribution in [3.05, 3.63) is 47.7 Å². The van der Waals surface area contributed by atoms with Crippen LogP contribution in [0.25, 0.3) is 10.9 Å². The lowest BCUT2D eigenvalue weighted by Gasteiger charge is -2.06. The van der Waals surface area contributed by atoms with Crippen molar-refractivity contribution >= 4 is 22.7 Å². The molecule has 0 fully saturated rings. The second kappa shape index (κ2) is 4.98. The fourth-order valence-corrected chi connectivity index (χ4v) is 3.66. The van der Waals surface area contributed by atoms with Crippen molar-refractivity contribution < 1.29 is 0 Å². The molecule has 20 heavy (non-hydrogen) atoms. The third-order valence-corrected chi connectivity index (χ3v) is 4.82. The van der Waals surface area contributed by atoms with Gasteiger partial charge in [-0.1, -0.05) is 18.2 Å². The lowest BCUT2D eigenvalue weighted by molar-refractivity contribution is 0.690. The molecule has 1 aliphatic rings. The summed E-state index contributed by atoms with van der Waals surface area (Å²) in [5.74, 6) is 4.55. The van der Waals surface area contributed by atoms with Crippen LogP contribution >= 0.6 is 11.8 Å². The fraction of sp³-hybridized carbons (Fsp3) is 0.333. The van der Waals surface area contributed by atoms with Crippen molar-refractivity contribution in [3.8, 4) is 0 Å². The summed E-state index contributed by atoms with van der Waals surface area (Å²) >= 11 is 2.00. The molecule has 1 N–H and O–H groups in total. The molecule has 1 aliphatic heterocycles. The van der Waals surface area contributed by atoms with E-state index >= 15 is 0 Å².